The quantitative estimate of drug-likeness (QED) is 0.462. The molecule has 1 saturated heterocycles. The molecule has 5 nitrogen and oxygen atoms in total. The number of imide groups is 1. The second-order valence-electron chi connectivity index (χ2n) is 11.7. The molecule has 7 atom stereocenters. The highest BCUT2D eigenvalue weighted by atomic mass is 32.2. The minimum Gasteiger partial charge on any atom is -0.307 e. The number of H-pyrrole nitrogens is 1. The number of rotatable bonds is 2. The molecule has 2 aliphatic carbocycles. The number of hydrogen-bond acceptors (Lipinski definition) is 5. The number of carbonyl (C=O) groups excluding carboxylic acids is 2. The number of aromatic amines is 1. The number of thiazole rings is 1. The number of anilines is 1. The molecule has 7 rings (SSSR count). The zero-order valence-corrected chi connectivity index (χ0v) is 22.1. The predicted molar refractivity (Wildman–Crippen MR) is 143 cm³/mol. The summed E-state index contributed by atoms with van der Waals surface area (Å²) in [6, 6.07) is 18.2. The number of fused-ring (bicyclic) bond motifs is 9. The van der Waals surface area contributed by atoms with E-state index in [0.29, 0.717) is 5.69 Å². The van der Waals surface area contributed by atoms with Gasteiger partial charge in [-0.2, -0.15) is 0 Å². The zero-order chi connectivity index (χ0) is 24.9. The summed E-state index contributed by atoms with van der Waals surface area (Å²) in [6.07, 6.45) is 0.910. The first-order valence-electron chi connectivity index (χ1n) is 12.7. The van der Waals surface area contributed by atoms with Crippen molar-refractivity contribution in [2.24, 2.45) is 29.6 Å². The summed E-state index contributed by atoms with van der Waals surface area (Å²) < 4.78 is 0. The molecular formula is C29H28N2O3S2. The molecule has 2 bridgehead atoms. The number of nitrogens with one attached hydrogen (secondary N) is 1. The van der Waals surface area contributed by atoms with Crippen LogP contribution < -0.4 is 9.77 Å². The van der Waals surface area contributed by atoms with Crippen LogP contribution in [-0.4, -0.2) is 22.0 Å². The van der Waals surface area contributed by atoms with Crippen LogP contribution in [0.5, 0.6) is 0 Å². The molecule has 7 heteroatoms. The molecule has 1 aromatic heterocycles. The Morgan fingerprint density at radius 2 is 1.56 bits per heavy atom. The molecule has 2 aromatic carbocycles. The highest BCUT2D eigenvalue weighted by molar-refractivity contribution is 8.00. The lowest BCUT2D eigenvalue weighted by atomic mass is 9.68. The van der Waals surface area contributed by atoms with Crippen molar-refractivity contribution < 1.29 is 9.59 Å². The lowest BCUT2D eigenvalue weighted by Crippen LogP contribution is -2.42. The van der Waals surface area contributed by atoms with Crippen molar-refractivity contribution in [3.8, 4) is 0 Å². The van der Waals surface area contributed by atoms with E-state index in [0.717, 1.165) is 16.3 Å². The maximum atomic E-state index is 13.8. The van der Waals surface area contributed by atoms with Crippen LogP contribution in [-0.2, 0) is 15.0 Å². The van der Waals surface area contributed by atoms with Crippen molar-refractivity contribution in [2.75, 3.05) is 4.90 Å². The van der Waals surface area contributed by atoms with Gasteiger partial charge in [-0.25, -0.2) is 0 Å². The van der Waals surface area contributed by atoms with Gasteiger partial charge in [0.2, 0.25) is 11.8 Å². The number of thioether (sulfide) groups is 1. The summed E-state index contributed by atoms with van der Waals surface area (Å²) in [6.45, 7) is 6.63. The van der Waals surface area contributed by atoms with Gasteiger partial charge >= 0.3 is 4.87 Å². The molecule has 184 valence electrons. The molecule has 3 heterocycles. The van der Waals surface area contributed by atoms with Gasteiger partial charge in [0.15, 0.2) is 0 Å². The van der Waals surface area contributed by atoms with Crippen LogP contribution in [0.1, 0.15) is 49.1 Å². The number of carbonyl (C=O) groups is 2. The maximum Gasteiger partial charge on any atom is 0.305 e. The molecule has 3 fully saturated rings. The van der Waals surface area contributed by atoms with Gasteiger partial charge in [0.1, 0.15) is 0 Å². The molecule has 1 N–H and O–H groups in total. The Kier molecular flexibility index (Phi) is 4.81. The number of para-hydroxylation sites is 1. The lowest BCUT2D eigenvalue weighted by molar-refractivity contribution is -0.123. The van der Waals surface area contributed by atoms with Gasteiger partial charge in [0.05, 0.1) is 22.5 Å². The van der Waals surface area contributed by atoms with Crippen molar-refractivity contribution >= 4 is 40.6 Å². The van der Waals surface area contributed by atoms with Crippen LogP contribution in [0.25, 0.3) is 0 Å². The van der Waals surface area contributed by atoms with E-state index < -0.39 is 0 Å². The van der Waals surface area contributed by atoms with Crippen LogP contribution in [0, 0.1) is 29.6 Å². The summed E-state index contributed by atoms with van der Waals surface area (Å²) in [5.74, 6) is -0.0266. The lowest BCUT2D eigenvalue weighted by Gasteiger charge is -2.43. The maximum absolute atomic E-state index is 13.8. The Labute approximate surface area is 218 Å². The number of nitrogens with zero attached hydrogens (tertiary/aromatic N) is 1. The fourth-order valence-corrected chi connectivity index (χ4v) is 10.3. The fourth-order valence-electron chi connectivity index (χ4n) is 7.41. The average Bonchev–Trinajstić information content (AvgIpc) is 3.58. The van der Waals surface area contributed by atoms with Gasteiger partial charge in [-0.1, -0.05) is 74.6 Å². The summed E-state index contributed by atoms with van der Waals surface area (Å²) in [5.41, 5.74) is 3.22. The minimum atomic E-state index is -0.266. The summed E-state index contributed by atoms with van der Waals surface area (Å²) in [5, 5.41) is 1.17. The first-order chi connectivity index (χ1) is 17.2. The van der Waals surface area contributed by atoms with Crippen LogP contribution in [0.2, 0.25) is 0 Å². The van der Waals surface area contributed by atoms with Crippen molar-refractivity contribution in [1.29, 1.82) is 0 Å². The zero-order valence-electron chi connectivity index (χ0n) is 20.4. The fraction of sp³-hybridized carbons (Fsp3) is 0.414. The van der Waals surface area contributed by atoms with E-state index in [9.17, 15) is 14.4 Å². The van der Waals surface area contributed by atoms with Crippen molar-refractivity contribution in [2.45, 2.75) is 48.8 Å². The SMILES string of the molecule is CC(C)(C)c1ccc([C@H]2c3sc(=O)[nH]c3S[C@@H]3[C@@H]4C[C@H]([C@H]5C(=O)N(c6ccccc6)C(=O)[C@H]45)[C@H]23)cc1. The Balaban J connectivity index is 1.31. The molecule has 2 aliphatic heterocycles. The van der Waals surface area contributed by atoms with E-state index in [1.54, 1.807) is 11.8 Å². The molecule has 2 amide bonds. The minimum absolute atomic E-state index is 0.0290. The molecule has 0 radical (unpaired) electrons. The second kappa shape index (κ2) is 7.68. The van der Waals surface area contributed by atoms with E-state index in [4.69, 9.17) is 0 Å². The third kappa shape index (κ3) is 3.05. The predicted octanol–water partition coefficient (Wildman–Crippen LogP) is 5.41. The topological polar surface area (TPSA) is 70.2 Å². The summed E-state index contributed by atoms with van der Waals surface area (Å²) in [7, 11) is 0. The standard InChI is InChI=1S/C29H28N2O3S2/c1-29(2,3)15-11-9-14(10-12-15)19-20-17-13-18(23(20)35-25-24(19)36-28(34)30-25)22-21(17)26(32)31(27(22)33)16-7-5-4-6-8-16/h4-12,17-23H,13H2,1-3H3,(H,30,34)/t17-,18+,19+,20+,21+,22+,23+/m0/s1. The van der Waals surface area contributed by atoms with E-state index in [1.165, 1.54) is 27.4 Å². The first kappa shape index (κ1) is 22.5. The van der Waals surface area contributed by atoms with Gasteiger partial charge in [0, 0.05) is 16.0 Å². The van der Waals surface area contributed by atoms with E-state index in [2.05, 4.69) is 50.0 Å². The molecule has 4 aliphatic rings. The Morgan fingerprint density at radius 3 is 2.22 bits per heavy atom. The normalized spacial score (nSPS) is 32.5. The Bertz CT molecular complexity index is 1440. The molecule has 0 spiro atoms. The van der Waals surface area contributed by atoms with E-state index >= 15 is 0 Å². The molecule has 2 saturated carbocycles. The van der Waals surface area contributed by atoms with Crippen molar-refractivity contribution in [3.05, 3.63) is 80.3 Å². The smallest absolute Gasteiger partial charge is 0.305 e. The summed E-state index contributed by atoms with van der Waals surface area (Å²) >= 11 is 3.05. The Morgan fingerprint density at radius 1 is 0.889 bits per heavy atom. The van der Waals surface area contributed by atoms with Crippen LogP contribution in [0.15, 0.2) is 64.4 Å². The average molecular weight is 517 g/mol. The molecular weight excluding hydrogens is 488 g/mol. The third-order valence-electron chi connectivity index (χ3n) is 8.87. The summed E-state index contributed by atoms with van der Waals surface area (Å²) in [4.78, 5) is 45.4. The van der Waals surface area contributed by atoms with Crippen LogP contribution in [0.4, 0.5) is 5.69 Å². The second-order valence-corrected chi connectivity index (χ2v) is 13.9. The van der Waals surface area contributed by atoms with Crippen LogP contribution >= 0.6 is 23.1 Å². The number of benzene rings is 2. The number of hydrogen-bond donors (Lipinski definition) is 1. The molecule has 3 aromatic rings. The highest BCUT2D eigenvalue weighted by Gasteiger charge is 2.69. The van der Waals surface area contributed by atoms with Crippen molar-refractivity contribution in [3.63, 3.8) is 0 Å². The highest BCUT2D eigenvalue weighted by Crippen LogP contribution is 2.68. The van der Waals surface area contributed by atoms with E-state index in [1.807, 2.05) is 30.3 Å². The van der Waals surface area contributed by atoms with Gasteiger partial charge in [-0.15, -0.1) is 11.8 Å². The van der Waals surface area contributed by atoms with E-state index in [-0.39, 0.29) is 62.9 Å². The first-order valence-corrected chi connectivity index (χ1v) is 14.4. The monoisotopic (exact) mass is 516 g/mol. The largest absolute Gasteiger partial charge is 0.307 e. The van der Waals surface area contributed by atoms with Gasteiger partial charge in [-0.3, -0.25) is 19.3 Å². The van der Waals surface area contributed by atoms with Gasteiger partial charge in [0.25, 0.3) is 0 Å². The molecule has 36 heavy (non-hydrogen) atoms. The number of aromatic nitrogens is 1. The Hall–Kier alpha value is -2.64. The van der Waals surface area contributed by atoms with Gasteiger partial charge in [-0.05, 0) is 52.8 Å². The number of amides is 2. The van der Waals surface area contributed by atoms with Gasteiger partial charge < -0.3 is 4.98 Å². The van der Waals surface area contributed by atoms with Crippen LogP contribution in [0.3, 0.4) is 0 Å². The van der Waals surface area contributed by atoms with Crippen molar-refractivity contribution in [1.82, 2.24) is 4.98 Å². The third-order valence-corrected chi connectivity index (χ3v) is 11.5. The molecule has 0 unspecified atom stereocenters.